The van der Waals surface area contributed by atoms with E-state index in [4.69, 9.17) is 5.73 Å². The molecule has 3 rings (SSSR count). The minimum Gasteiger partial charge on any atom is -0.399 e. The van der Waals surface area contributed by atoms with Gasteiger partial charge in [-0.15, -0.1) is 0 Å². The zero-order valence-corrected chi connectivity index (χ0v) is 12.2. The third kappa shape index (κ3) is 2.63. The van der Waals surface area contributed by atoms with E-state index in [9.17, 15) is 0 Å². The van der Waals surface area contributed by atoms with E-state index in [0.29, 0.717) is 0 Å². The topological polar surface area (TPSA) is 57.0 Å². The van der Waals surface area contributed by atoms with Gasteiger partial charge in [0.15, 0.2) is 0 Å². The van der Waals surface area contributed by atoms with E-state index in [1.54, 1.807) is 0 Å². The number of hydrogen-bond donors (Lipinski definition) is 1. The molecular weight excluding hydrogens is 262 g/mol. The van der Waals surface area contributed by atoms with E-state index >= 15 is 0 Å². The fourth-order valence-electron chi connectivity index (χ4n) is 2.35. The van der Waals surface area contributed by atoms with Crippen molar-refractivity contribution in [3.8, 4) is 0 Å². The van der Waals surface area contributed by atoms with Crippen LogP contribution < -0.4 is 10.7 Å². The molecule has 0 saturated carbocycles. The van der Waals surface area contributed by atoms with Gasteiger partial charge in [-0.05, 0) is 41.0 Å². The summed E-state index contributed by atoms with van der Waals surface area (Å²) in [7, 11) is 4.02. The minimum absolute atomic E-state index is 0.727. The lowest BCUT2D eigenvalue weighted by Gasteiger charge is -2.24. The summed E-state index contributed by atoms with van der Waals surface area (Å²) in [5, 5.41) is 10.8. The van der Waals surface area contributed by atoms with Gasteiger partial charge in [0.05, 0.1) is 17.2 Å². The summed E-state index contributed by atoms with van der Waals surface area (Å²) in [4.78, 5) is 0. The van der Waals surface area contributed by atoms with Crippen LogP contribution in [0.4, 0.5) is 17.1 Å². The van der Waals surface area contributed by atoms with Crippen LogP contribution in [0.1, 0.15) is 5.56 Å². The molecule has 1 aliphatic rings. The van der Waals surface area contributed by atoms with Gasteiger partial charge in [-0.2, -0.15) is 4.68 Å². The lowest BCUT2D eigenvalue weighted by atomic mass is 10.1. The van der Waals surface area contributed by atoms with Crippen molar-refractivity contribution in [3.63, 3.8) is 0 Å². The van der Waals surface area contributed by atoms with Crippen molar-refractivity contribution in [2.24, 2.45) is 10.2 Å². The number of fused-ring (bicyclic) bond motifs is 1. The summed E-state index contributed by atoms with van der Waals surface area (Å²) in [6.07, 6.45) is 0.773. The smallest absolute Gasteiger partial charge is 0.349 e. The molecule has 0 atom stereocenters. The molecule has 0 aromatic heterocycles. The van der Waals surface area contributed by atoms with Crippen molar-refractivity contribution in [3.05, 3.63) is 54.1 Å². The van der Waals surface area contributed by atoms with Gasteiger partial charge >= 0.3 is 5.84 Å². The van der Waals surface area contributed by atoms with E-state index < -0.39 is 0 Å². The van der Waals surface area contributed by atoms with Crippen LogP contribution in [-0.4, -0.2) is 24.6 Å². The van der Waals surface area contributed by atoms with E-state index in [0.717, 1.165) is 23.6 Å². The predicted octanol–water partition coefficient (Wildman–Crippen LogP) is 3.00. The highest BCUT2D eigenvalue weighted by molar-refractivity contribution is 5.84. The maximum Gasteiger partial charge on any atom is 0.349 e. The number of hydrogen-bond acceptors (Lipinski definition) is 4. The molecule has 0 spiro atoms. The molecule has 0 radical (unpaired) electrons. The molecule has 21 heavy (non-hydrogen) atoms. The van der Waals surface area contributed by atoms with Gasteiger partial charge < -0.3 is 5.73 Å². The molecule has 0 bridgehead atoms. The van der Waals surface area contributed by atoms with Gasteiger partial charge in [-0.25, -0.2) is 5.01 Å². The summed E-state index contributed by atoms with van der Waals surface area (Å²) in [5.41, 5.74) is 9.65. The van der Waals surface area contributed by atoms with Crippen LogP contribution in [0.5, 0.6) is 0 Å². The Morgan fingerprint density at radius 2 is 1.76 bits per heavy atom. The van der Waals surface area contributed by atoms with Gasteiger partial charge in [-0.3, -0.25) is 0 Å². The van der Waals surface area contributed by atoms with E-state index in [1.807, 2.05) is 55.2 Å². The largest absolute Gasteiger partial charge is 0.399 e. The van der Waals surface area contributed by atoms with Crippen molar-refractivity contribution in [1.82, 2.24) is 0 Å². The van der Waals surface area contributed by atoms with Crippen LogP contribution in [0.2, 0.25) is 0 Å². The van der Waals surface area contributed by atoms with Crippen LogP contribution in [0.25, 0.3) is 0 Å². The van der Waals surface area contributed by atoms with Crippen molar-refractivity contribution < 1.29 is 4.68 Å². The SMILES string of the molecule is CN1c2ccccc2CC(N=Nc2ccc(N)cc2)=[N+]1C. The molecule has 2 N–H and O–H groups in total. The minimum atomic E-state index is 0.727. The molecular formula is C16H18N5+. The van der Waals surface area contributed by atoms with Crippen LogP contribution in [0.3, 0.4) is 0 Å². The average Bonchev–Trinajstić information content (AvgIpc) is 2.51. The highest BCUT2D eigenvalue weighted by Crippen LogP contribution is 2.24. The second kappa shape index (κ2) is 5.36. The highest BCUT2D eigenvalue weighted by atomic mass is 15.6. The number of azo groups is 1. The summed E-state index contributed by atoms with van der Waals surface area (Å²) >= 11 is 0. The fraction of sp³-hybridized carbons (Fsp3) is 0.188. The Hall–Kier alpha value is -2.69. The fourth-order valence-corrected chi connectivity index (χ4v) is 2.35. The Morgan fingerprint density at radius 1 is 1.05 bits per heavy atom. The Balaban J connectivity index is 1.89. The number of hydrazone groups is 1. The standard InChI is InChI=1S/C16H17N5/c1-20-15-6-4-3-5-12(15)11-16(21(20)2)19-18-14-9-7-13(17)8-10-14/h3-10,17H,11H2,1-2H3/p+1. The van der Waals surface area contributed by atoms with Gasteiger partial charge in [0, 0.05) is 12.7 Å². The highest BCUT2D eigenvalue weighted by Gasteiger charge is 2.25. The molecule has 1 aliphatic heterocycles. The molecule has 0 amide bonds. The number of anilines is 2. The average molecular weight is 280 g/mol. The maximum absolute atomic E-state index is 5.67. The molecule has 106 valence electrons. The van der Waals surface area contributed by atoms with E-state index in [2.05, 4.69) is 27.4 Å². The summed E-state index contributed by atoms with van der Waals surface area (Å²) in [5.74, 6) is 0.910. The van der Waals surface area contributed by atoms with Crippen molar-refractivity contribution in [1.29, 1.82) is 0 Å². The number of para-hydroxylation sites is 1. The van der Waals surface area contributed by atoms with Crippen LogP contribution >= 0.6 is 0 Å². The quantitative estimate of drug-likeness (QED) is 0.496. The number of amidine groups is 1. The lowest BCUT2D eigenvalue weighted by Crippen LogP contribution is -2.37. The Bertz CT molecular complexity index is 716. The van der Waals surface area contributed by atoms with Crippen molar-refractivity contribution in [2.45, 2.75) is 6.42 Å². The number of benzene rings is 2. The first-order valence-electron chi connectivity index (χ1n) is 6.83. The molecule has 0 saturated heterocycles. The number of nitrogens with two attached hydrogens (primary N) is 1. The number of rotatable bonds is 1. The van der Waals surface area contributed by atoms with Crippen LogP contribution in [0.15, 0.2) is 58.8 Å². The zero-order chi connectivity index (χ0) is 14.8. The third-order valence-electron chi connectivity index (χ3n) is 3.69. The Morgan fingerprint density at radius 3 is 2.52 bits per heavy atom. The molecule has 0 unspecified atom stereocenters. The van der Waals surface area contributed by atoms with Gasteiger partial charge in [0.25, 0.3) is 0 Å². The normalized spacial score (nSPS) is 14.7. The Labute approximate surface area is 124 Å². The summed E-state index contributed by atoms with van der Waals surface area (Å²) in [6.45, 7) is 0. The maximum atomic E-state index is 5.67. The third-order valence-corrected chi connectivity index (χ3v) is 3.69. The van der Waals surface area contributed by atoms with Gasteiger partial charge in [0.1, 0.15) is 12.7 Å². The van der Waals surface area contributed by atoms with Crippen LogP contribution in [0, 0.1) is 0 Å². The number of hydrazine groups is 1. The van der Waals surface area contributed by atoms with Crippen molar-refractivity contribution in [2.75, 3.05) is 24.8 Å². The van der Waals surface area contributed by atoms with E-state index in [-0.39, 0.29) is 0 Å². The molecule has 0 aliphatic carbocycles. The first-order valence-corrected chi connectivity index (χ1v) is 6.83. The number of nitrogens with zero attached hydrogens (tertiary/aromatic N) is 4. The van der Waals surface area contributed by atoms with Crippen LogP contribution in [-0.2, 0) is 6.42 Å². The number of nitrogen functional groups attached to an aromatic ring is 1. The lowest BCUT2D eigenvalue weighted by molar-refractivity contribution is -0.511. The predicted molar refractivity (Wildman–Crippen MR) is 85.1 cm³/mol. The van der Waals surface area contributed by atoms with Gasteiger partial charge in [-0.1, -0.05) is 18.2 Å². The first kappa shape index (κ1) is 13.3. The monoisotopic (exact) mass is 280 g/mol. The summed E-state index contributed by atoms with van der Waals surface area (Å²) in [6, 6.07) is 15.7. The van der Waals surface area contributed by atoms with Crippen molar-refractivity contribution >= 4 is 22.9 Å². The second-order valence-corrected chi connectivity index (χ2v) is 5.06. The molecule has 5 nitrogen and oxygen atoms in total. The zero-order valence-electron chi connectivity index (χ0n) is 12.2. The molecule has 2 aromatic rings. The first-order chi connectivity index (χ1) is 10.1. The van der Waals surface area contributed by atoms with Gasteiger partial charge in [0.2, 0.25) is 0 Å². The van der Waals surface area contributed by atoms with E-state index in [1.165, 1.54) is 11.3 Å². The Kier molecular flexibility index (Phi) is 3.39. The second-order valence-electron chi connectivity index (χ2n) is 5.06. The summed E-state index contributed by atoms with van der Waals surface area (Å²) < 4.78 is 2.02. The molecule has 2 aromatic carbocycles. The molecule has 1 heterocycles. The molecule has 0 fully saturated rings. The molecule has 5 heteroatoms.